The van der Waals surface area contributed by atoms with Crippen molar-refractivity contribution in [3.63, 3.8) is 0 Å². The van der Waals surface area contributed by atoms with Gasteiger partial charge in [-0.2, -0.15) is 0 Å². The Labute approximate surface area is 130 Å². The van der Waals surface area contributed by atoms with Crippen molar-refractivity contribution >= 4 is 5.91 Å². The van der Waals surface area contributed by atoms with Crippen LogP contribution in [0.1, 0.15) is 23.2 Å². The third-order valence-corrected chi connectivity index (χ3v) is 3.60. The van der Waals surface area contributed by atoms with Gasteiger partial charge in [-0.15, -0.1) is 6.42 Å². The third-order valence-electron chi connectivity index (χ3n) is 3.60. The number of nitrogens with one attached hydrogen (secondary N) is 1. The van der Waals surface area contributed by atoms with Crippen LogP contribution < -0.4 is 14.8 Å². The Hall–Kier alpha value is -2.19. The van der Waals surface area contributed by atoms with Gasteiger partial charge in [-0.3, -0.25) is 4.79 Å². The van der Waals surface area contributed by atoms with E-state index in [4.69, 9.17) is 20.6 Å². The molecule has 0 aliphatic carbocycles. The van der Waals surface area contributed by atoms with Crippen LogP contribution in [0.3, 0.4) is 0 Å². The van der Waals surface area contributed by atoms with Gasteiger partial charge in [-0.1, -0.05) is 5.92 Å². The molecule has 1 unspecified atom stereocenters. The number of benzene rings is 1. The maximum Gasteiger partial charge on any atom is 0.251 e. The zero-order valence-corrected chi connectivity index (χ0v) is 12.8. The fourth-order valence-electron chi connectivity index (χ4n) is 2.35. The van der Waals surface area contributed by atoms with E-state index < -0.39 is 0 Å². The zero-order valence-electron chi connectivity index (χ0n) is 12.8. The normalized spacial score (nSPS) is 16.8. The number of hydrogen-bond acceptors (Lipinski definition) is 4. The van der Waals surface area contributed by atoms with Gasteiger partial charge in [0.2, 0.25) is 0 Å². The molecule has 1 amide bonds. The third kappa shape index (κ3) is 4.40. The second-order valence-corrected chi connectivity index (χ2v) is 5.13. The summed E-state index contributed by atoms with van der Waals surface area (Å²) in [7, 11) is 1.54. The van der Waals surface area contributed by atoms with Gasteiger partial charge in [0.25, 0.3) is 5.91 Å². The van der Waals surface area contributed by atoms with E-state index in [2.05, 4.69) is 11.2 Å². The molecule has 0 bridgehead atoms. The van der Waals surface area contributed by atoms with E-state index in [0.29, 0.717) is 29.5 Å². The van der Waals surface area contributed by atoms with Crippen LogP contribution >= 0.6 is 0 Å². The number of terminal acetylenes is 1. The highest BCUT2D eigenvalue weighted by Crippen LogP contribution is 2.28. The monoisotopic (exact) mass is 303 g/mol. The molecule has 5 nitrogen and oxygen atoms in total. The second kappa shape index (κ2) is 8.30. The van der Waals surface area contributed by atoms with E-state index in [1.165, 1.54) is 0 Å². The molecule has 0 aromatic heterocycles. The topological polar surface area (TPSA) is 56.8 Å². The average Bonchev–Trinajstić information content (AvgIpc) is 3.05. The van der Waals surface area contributed by atoms with Gasteiger partial charge in [0.1, 0.15) is 6.61 Å². The smallest absolute Gasteiger partial charge is 0.251 e. The van der Waals surface area contributed by atoms with Gasteiger partial charge in [-0.25, -0.2) is 0 Å². The molecule has 1 N–H and O–H groups in total. The van der Waals surface area contributed by atoms with Gasteiger partial charge >= 0.3 is 0 Å². The van der Waals surface area contributed by atoms with E-state index in [1.54, 1.807) is 25.3 Å². The summed E-state index contributed by atoms with van der Waals surface area (Å²) in [6.45, 7) is 2.39. The molecular weight excluding hydrogens is 282 g/mol. The molecule has 2 rings (SSSR count). The van der Waals surface area contributed by atoms with E-state index in [1.807, 2.05) is 0 Å². The lowest BCUT2D eigenvalue weighted by molar-refractivity contribution is 0.0950. The summed E-state index contributed by atoms with van der Waals surface area (Å²) in [5.41, 5.74) is 0.524. The summed E-state index contributed by atoms with van der Waals surface area (Å²) in [6, 6.07) is 5.05. The number of carbonyl (C=O) groups excluding carboxylic acids is 1. The first-order valence-electron chi connectivity index (χ1n) is 7.35. The molecule has 1 aromatic rings. The van der Waals surface area contributed by atoms with Gasteiger partial charge in [0.15, 0.2) is 11.5 Å². The Morgan fingerprint density at radius 1 is 1.50 bits per heavy atom. The lowest BCUT2D eigenvalue weighted by atomic mass is 10.1. The SMILES string of the molecule is C#CCOc1cc(C(=O)NCCC2CCOC2)ccc1OC. The molecule has 5 heteroatoms. The van der Waals surface area contributed by atoms with E-state index >= 15 is 0 Å². The van der Waals surface area contributed by atoms with E-state index in [9.17, 15) is 4.79 Å². The minimum Gasteiger partial charge on any atom is -0.493 e. The van der Waals surface area contributed by atoms with Crippen LogP contribution in [0.25, 0.3) is 0 Å². The number of amides is 1. The van der Waals surface area contributed by atoms with Crippen molar-refractivity contribution in [1.82, 2.24) is 5.32 Å². The molecule has 1 atom stereocenters. The van der Waals surface area contributed by atoms with Crippen molar-refractivity contribution in [3.05, 3.63) is 23.8 Å². The molecule has 22 heavy (non-hydrogen) atoms. The summed E-state index contributed by atoms with van der Waals surface area (Å²) in [6.07, 6.45) is 7.19. The summed E-state index contributed by atoms with van der Waals surface area (Å²) in [4.78, 5) is 12.2. The zero-order chi connectivity index (χ0) is 15.8. The largest absolute Gasteiger partial charge is 0.493 e. The highest BCUT2D eigenvalue weighted by atomic mass is 16.5. The molecular formula is C17H21NO4. The van der Waals surface area contributed by atoms with Crippen LogP contribution in [0.2, 0.25) is 0 Å². The van der Waals surface area contributed by atoms with Crippen molar-refractivity contribution < 1.29 is 19.0 Å². The van der Waals surface area contributed by atoms with Crippen LogP contribution in [0.5, 0.6) is 11.5 Å². The summed E-state index contributed by atoms with van der Waals surface area (Å²) >= 11 is 0. The highest BCUT2D eigenvalue weighted by molar-refractivity contribution is 5.94. The maximum atomic E-state index is 12.2. The predicted octanol–water partition coefficient (Wildman–Crippen LogP) is 1.86. The quantitative estimate of drug-likeness (QED) is 0.781. The lowest BCUT2D eigenvalue weighted by Gasteiger charge is -2.12. The van der Waals surface area contributed by atoms with Gasteiger partial charge < -0.3 is 19.5 Å². The summed E-state index contributed by atoms with van der Waals surface area (Å²) in [5.74, 6) is 3.83. The number of ether oxygens (including phenoxy) is 3. The van der Waals surface area contributed by atoms with Crippen LogP contribution in [0.15, 0.2) is 18.2 Å². The Kier molecular flexibility index (Phi) is 6.11. The standard InChI is InChI=1S/C17H21NO4/c1-3-9-22-16-11-14(4-5-15(16)20-2)17(19)18-8-6-13-7-10-21-12-13/h1,4-5,11,13H,6-10,12H2,2H3,(H,18,19). The van der Waals surface area contributed by atoms with Crippen LogP contribution in [-0.2, 0) is 4.74 Å². The lowest BCUT2D eigenvalue weighted by Crippen LogP contribution is -2.26. The van der Waals surface area contributed by atoms with Crippen LogP contribution in [-0.4, -0.2) is 39.4 Å². The fraction of sp³-hybridized carbons (Fsp3) is 0.471. The Morgan fingerprint density at radius 2 is 2.36 bits per heavy atom. The minimum atomic E-state index is -0.132. The first-order chi connectivity index (χ1) is 10.7. The van der Waals surface area contributed by atoms with Gasteiger partial charge in [0, 0.05) is 25.3 Å². The molecule has 1 fully saturated rings. The number of rotatable bonds is 7. The first-order valence-corrected chi connectivity index (χ1v) is 7.35. The second-order valence-electron chi connectivity index (χ2n) is 5.13. The summed E-state index contributed by atoms with van der Waals surface area (Å²) in [5, 5.41) is 2.92. The van der Waals surface area contributed by atoms with E-state index in [-0.39, 0.29) is 12.5 Å². The van der Waals surface area contributed by atoms with Crippen molar-refractivity contribution in [1.29, 1.82) is 0 Å². The molecule has 1 aromatic carbocycles. The molecule has 0 spiro atoms. The summed E-state index contributed by atoms with van der Waals surface area (Å²) < 4.78 is 15.9. The predicted molar refractivity (Wildman–Crippen MR) is 83.2 cm³/mol. The number of carbonyl (C=O) groups is 1. The fourth-order valence-corrected chi connectivity index (χ4v) is 2.35. The van der Waals surface area contributed by atoms with Gasteiger partial charge in [0.05, 0.1) is 7.11 Å². The average molecular weight is 303 g/mol. The molecule has 0 radical (unpaired) electrons. The van der Waals surface area contributed by atoms with Gasteiger partial charge in [-0.05, 0) is 37.0 Å². The molecule has 1 heterocycles. The van der Waals surface area contributed by atoms with Crippen molar-refractivity contribution in [3.8, 4) is 23.8 Å². The van der Waals surface area contributed by atoms with E-state index in [0.717, 1.165) is 26.1 Å². The molecule has 118 valence electrons. The molecule has 1 aliphatic rings. The minimum absolute atomic E-state index is 0.128. The Bertz CT molecular complexity index is 544. The van der Waals surface area contributed by atoms with Crippen molar-refractivity contribution in [2.75, 3.05) is 33.5 Å². The molecule has 1 aliphatic heterocycles. The first kappa shape index (κ1) is 16.2. The Morgan fingerprint density at radius 3 is 3.05 bits per heavy atom. The molecule has 0 saturated carbocycles. The highest BCUT2D eigenvalue weighted by Gasteiger charge is 2.16. The number of methoxy groups -OCH3 is 1. The van der Waals surface area contributed by atoms with Crippen molar-refractivity contribution in [2.45, 2.75) is 12.8 Å². The van der Waals surface area contributed by atoms with Crippen molar-refractivity contribution in [2.24, 2.45) is 5.92 Å². The number of hydrogen-bond donors (Lipinski definition) is 1. The maximum absolute atomic E-state index is 12.2. The molecule has 1 saturated heterocycles. The van der Waals surface area contributed by atoms with Crippen LogP contribution in [0, 0.1) is 18.3 Å². The van der Waals surface area contributed by atoms with Crippen LogP contribution in [0.4, 0.5) is 0 Å². The Balaban J connectivity index is 1.92.